The monoisotopic (exact) mass is 764 g/mol. The number of fused-ring (bicyclic) bond motifs is 12. The molecule has 10 aromatic carbocycles. The Bertz CT molecular complexity index is 3670. The van der Waals surface area contributed by atoms with Crippen LogP contribution in [0.3, 0.4) is 0 Å². The average molecular weight is 765 g/mol. The molecule has 0 N–H and O–H groups in total. The molecule has 60 heavy (non-hydrogen) atoms. The predicted octanol–water partition coefficient (Wildman–Crippen LogP) is 16.1. The van der Waals surface area contributed by atoms with Crippen LogP contribution in [-0.4, -0.2) is 4.57 Å². The van der Waals surface area contributed by atoms with Gasteiger partial charge >= 0.3 is 0 Å². The number of benzene rings is 10. The summed E-state index contributed by atoms with van der Waals surface area (Å²) in [4.78, 5) is 2.41. The van der Waals surface area contributed by atoms with Crippen LogP contribution in [0.1, 0.15) is 5.56 Å². The van der Waals surface area contributed by atoms with Gasteiger partial charge in [0, 0.05) is 44.2 Å². The summed E-state index contributed by atoms with van der Waals surface area (Å²) in [6.45, 7) is 2.15. The van der Waals surface area contributed by atoms with Gasteiger partial charge in [-0.2, -0.15) is 0 Å². The lowest BCUT2D eigenvalue weighted by molar-refractivity contribution is 0.669. The van der Waals surface area contributed by atoms with Gasteiger partial charge in [-0.3, -0.25) is 0 Å². The van der Waals surface area contributed by atoms with Gasteiger partial charge < -0.3 is 13.9 Å². The second-order valence-corrected chi connectivity index (χ2v) is 16.2. The standard InChI is InChI=1S/C57H36N2O/c1-35-19-23-41(24-20-35)58(53-27-28-55-57(46-15-7-10-18-54(46)60-55)56(53)36-11-3-2-4-12-36)42-25-21-37-31-47-49(33-39(37)29-42)48-32-38-22-26-43(30-40(38)34-50(47)48)59-51-16-8-5-13-44(51)45-14-6-9-17-52(45)59/h2-34H,1H3. The van der Waals surface area contributed by atoms with Crippen LogP contribution in [0.25, 0.3) is 104 Å². The summed E-state index contributed by atoms with van der Waals surface area (Å²) in [5, 5.41) is 9.74. The molecule has 3 nitrogen and oxygen atoms in total. The zero-order chi connectivity index (χ0) is 39.5. The molecular formula is C57H36N2O. The van der Waals surface area contributed by atoms with Crippen molar-refractivity contribution in [2.75, 3.05) is 4.90 Å². The molecule has 13 rings (SSSR count). The van der Waals surface area contributed by atoms with E-state index in [-0.39, 0.29) is 0 Å². The minimum atomic E-state index is 0.884. The second kappa shape index (κ2) is 12.6. The molecule has 0 aliphatic heterocycles. The zero-order valence-corrected chi connectivity index (χ0v) is 32.9. The summed E-state index contributed by atoms with van der Waals surface area (Å²) >= 11 is 0. The van der Waals surface area contributed by atoms with Gasteiger partial charge in [0.25, 0.3) is 0 Å². The number of hydrogen-bond donors (Lipinski definition) is 0. The van der Waals surface area contributed by atoms with E-state index in [4.69, 9.17) is 4.42 Å². The molecule has 0 fully saturated rings. The van der Waals surface area contributed by atoms with Gasteiger partial charge in [-0.25, -0.2) is 0 Å². The van der Waals surface area contributed by atoms with Crippen molar-refractivity contribution in [3.63, 3.8) is 0 Å². The molecule has 280 valence electrons. The lowest BCUT2D eigenvalue weighted by atomic mass is 9.78. The Balaban J connectivity index is 0.953. The zero-order valence-electron chi connectivity index (χ0n) is 32.9. The van der Waals surface area contributed by atoms with Crippen molar-refractivity contribution in [1.29, 1.82) is 0 Å². The molecule has 2 aromatic heterocycles. The number of aromatic nitrogens is 1. The summed E-state index contributed by atoms with van der Waals surface area (Å²) in [6.07, 6.45) is 0. The van der Waals surface area contributed by atoms with Gasteiger partial charge in [0.1, 0.15) is 11.2 Å². The molecule has 0 bridgehead atoms. The Labute approximate surface area is 346 Å². The molecule has 0 saturated heterocycles. The van der Waals surface area contributed by atoms with Crippen LogP contribution in [0, 0.1) is 6.92 Å². The van der Waals surface area contributed by atoms with Crippen LogP contribution in [0.15, 0.2) is 205 Å². The first-order valence-corrected chi connectivity index (χ1v) is 20.7. The van der Waals surface area contributed by atoms with Crippen molar-refractivity contribution in [2.24, 2.45) is 0 Å². The number of hydrogen-bond acceptors (Lipinski definition) is 2. The van der Waals surface area contributed by atoms with Crippen LogP contribution in [0.5, 0.6) is 0 Å². The van der Waals surface area contributed by atoms with E-state index >= 15 is 0 Å². The van der Waals surface area contributed by atoms with Crippen molar-refractivity contribution in [1.82, 2.24) is 4.57 Å². The fraction of sp³-hybridized carbons (Fsp3) is 0.0175. The smallest absolute Gasteiger partial charge is 0.136 e. The van der Waals surface area contributed by atoms with Gasteiger partial charge in [-0.15, -0.1) is 0 Å². The molecule has 2 heterocycles. The summed E-state index contributed by atoms with van der Waals surface area (Å²) in [6, 6.07) is 73.2. The molecule has 1 aliphatic rings. The van der Waals surface area contributed by atoms with Crippen molar-refractivity contribution < 1.29 is 4.42 Å². The van der Waals surface area contributed by atoms with Gasteiger partial charge in [0.05, 0.1) is 16.7 Å². The van der Waals surface area contributed by atoms with E-state index in [0.717, 1.165) is 50.1 Å². The summed E-state index contributed by atoms with van der Waals surface area (Å²) in [5.41, 5.74) is 17.5. The highest BCUT2D eigenvalue weighted by atomic mass is 16.3. The minimum absolute atomic E-state index is 0.884. The van der Waals surface area contributed by atoms with Gasteiger partial charge in [-0.1, -0.05) is 115 Å². The highest BCUT2D eigenvalue weighted by Gasteiger charge is 2.26. The number of nitrogens with zero attached hydrogens (tertiary/aromatic N) is 2. The van der Waals surface area contributed by atoms with Gasteiger partial charge in [0.15, 0.2) is 0 Å². The highest BCUT2D eigenvalue weighted by molar-refractivity contribution is 6.17. The third kappa shape index (κ3) is 4.84. The molecule has 0 saturated carbocycles. The molecule has 0 unspecified atom stereocenters. The maximum Gasteiger partial charge on any atom is 0.136 e. The number of rotatable bonds is 5. The average Bonchev–Trinajstić information content (AvgIpc) is 3.85. The van der Waals surface area contributed by atoms with Crippen LogP contribution in [0.4, 0.5) is 17.1 Å². The first-order valence-electron chi connectivity index (χ1n) is 20.7. The van der Waals surface area contributed by atoms with E-state index < -0.39 is 0 Å². The molecular weight excluding hydrogens is 729 g/mol. The largest absolute Gasteiger partial charge is 0.456 e. The van der Waals surface area contributed by atoms with Crippen molar-refractivity contribution >= 4 is 82.4 Å². The molecule has 1 aliphatic carbocycles. The minimum Gasteiger partial charge on any atom is -0.456 e. The number of furan rings is 1. The topological polar surface area (TPSA) is 21.3 Å². The maximum absolute atomic E-state index is 6.45. The fourth-order valence-electron chi connectivity index (χ4n) is 9.89. The lowest BCUT2D eigenvalue weighted by Crippen LogP contribution is -2.11. The SMILES string of the molecule is Cc1ccc(N(c2ccc3cc4c(cc3c2)-c2cc3ccc(-n5c6ccccc6c6ccccc65)cc3cc2-4)c2ccc3oc4ccccc4c3c2-c2ccccc2)cc1. The maximum atomic E-state index is 6.45. The Morgan fingerprint density at radius 3 is 1.68 bits per heavy atom. The van der Waals surface area contributed by atoms with E-state index in [9.17, 15) is 0 Å². The Kier molecular flexibility index (Phi) is 6.93. The Morgan fingerprint density at radius 2 is 0.983 bits per heavy atom. The Hall–Kier alpha value is -7.88. The van der Waals surface area contributed by atoms with E-state index in [2.05, 4.69) is 211 Å². The molecule has 3 heteroatoms. The van der Waals surface area contributed by atoms with Crippen molar-refractivity contribution in [3.8, 4) is 39.1 Å². The van der Waals surface area contributed by atoms with Crippen LogP contribution >= 0.6 is 0 Å². The lowest BCUT2D eigenvalue weighted by Gasteiger charge is -2.29. The third-order valence-corrected chi connectivity index (χ3v) is 12.7. The fourth-order valence-corrected chi connectivity index (χ4v) is 9.89. The third-order valence-electron chi connectivity index (χ3n) is 12.7. The normalized spacial score (nSPS) is 12.1. The van der Waals surface area contributed by atoms with Crippen molar-refractivity contribution in [3.05, 3.63) is 206 Å². The second-order valence-electron chi connectivity index (χ2n) is 16.2. The van der Waals surface area contributed by atoms with E-state index in [1.165, 1.54) is 76.9 Å². The molecule has 0 spiro atoms. The number of aryl methyl sites for hydroxylation is 1. The summed E-state index contributed by atoms with van der Waals surface area (Å²) in [7, 11) is 0. The predicted molar refractivity (Wildman–Crippen MR) is 252 cm³/mol. The van der Waals surface area contributed by atoms with E-state index in [1.807, 2.05) is 6.07 Å². The van der Waals surface area contributed by atoms with E-state index in [1.54, 1.807) is 0 Å². The number of anilines is 3. The van der Waals surface area contributed by atoms with Crippen LogP contribution < -0.4 is 4.90 Å². The van der Waals surface area contributed by atoms with E-state index in [0.29, 0.717) is 0 Å². The molecule has 0 amide bonds. The van der Waals surface area contributed by atoms with Gasteiger partial charge in [0.2, 0.25) is 0 Å². The first-order chi connectivity index (χ1) is 29.6. The molecule has 0 radical (unpaired) electrons. The van der Waals surface area contributed by atoms with Crippen LogP contribution in [-0.2, 0) is 0 Å². The molecule has 0 atom stereocenters. The number of para-hydroxylation sites is 3. The quantitative estimate of drug-likeness (QED) is 0.174. The highest BCUT2D eigenvalue weighted by Crippen LogP contribution is 2.52. The first kappa shape index (κ1) is 33.1. The summed E-state index contributed by atoms with van der Waals surface area (Å²) in [5.74, 6) is 0. The van der Waals surface area contributed by atoms with Gasteiger partial charge in [-0.05, 0) is 147 Å². The summed E-state index contributed by atoms with van der Waals surface area (Å²) < 4.78 is 8.86. The molecule has 12 aromatic rings. The van der Waals surface area contributed by atoms with Crippen LogP contribution in [0.2, 0.25) is 0 Å². The Morgan fingerprint density at radius 1 is 0.417 bits per heavy atom. The van der Waals surface area contributed by atoms with Crippen molar-refractivity contribution in [2.45, 2.75) is 6.92 Å².